The van der Waals surface area contributed by atoms with Crippen LogP contribution in [0.5, 0.6) is 0 Å². The molecule has 3 amide bonds. The van der Waals surface area contributed by atoms with E-state index in [1.807, 2.05) is 60.9 Å². The zero-order chi connectivity index (χ0) is 18.6. The van der Waals surface area contributed by atoms with Gasteiger partial charge < -0.3 is 5.32 Å². The number of imide groups is 1. The van der Waals surface area contributed by atoms with Crippen LogP contribution in [0.2, 0.25) is 0 Å². The van der Waals surface area contributed by atoms with Crippen LogP contribution in [-0.4, -0.2) is 35.0 Å². The van der Waals surface area contributed by atoms with Gasteiger partial charge in [-0.3, -0.25) is 4.79 Å². The first-order valence-electron chi connectivity index (χ1n) is 8.40. The first kappa shape index (κ1) is 18.2. The summed E-state index contributed by atoms with van der Waals surface area (Å²) in [5.74, 6) is -0.324. The largest absolute Gasteiger partial charge is 0.346 e. The van der Waals surface area contributed by atoms with E-state index in [0.29, 0.717) is 12.8 Å². The monoisotopic (exact) mass is 367 g/mol. The van der Waals surface area contributed by atoms with Gasteiger partial charge >= 0.3 is 6.03 Å². The molecule has 0 radical (unpaired) electrons. The first-order valence-corrected chi connectivity index (χ1v) is 9.63. The number of thioether (sulfide) groups is 1. The maximum atomic E-state index is 12.7. The van der Waals surface area contributed by atoms with E-state index in [1.54, 1.807) is 18.7 Å². The van der Waals surface area contributed by atoms with Crippen LogP contribution >= 0.6 is 11.8 Å². The van der Waals surface area contributed by atoms with Gasteiger partial charge in [0.1, 0.15) is 5.54 Å². The summed E-state index contributed by atoms with van der Waals surface area (Å²) >= 11 is 1.65. The number of hydrogen-bond donors (Lipinski definition) is 1. The summed E-state index contributed by atoms with van der Waals surface area (Å²) in [6.45, 7) is 1.75. The standard InChI is InChI=1S/C20H21N3O2S/c1-20(13-12-15-6-4-3-5-7-15)18(24)23(19(25)22-20)21-14-16-8-10-17(26-2)11-9-16/h3-11,14H,12-13H2,1-2H3,(H,22,25)/b21-14-/t20-/m1/s1. The fourth-order valence-corrected chi connectivity index (χ4v) is 3.20. The Balaban J connectivity index is 1.68. The molecule has 1 fully saturated rings. The molecular formula is C20H21N3O2S. The Bertz CT molecular complexity index is 821. The number of amides is 3. The summed E-state index contributed by atoms with van der Waals surface area (Å²) in [7, 11) is 0. The Morgan fingerprint density at radius 3 is 2.46 bits per heavy atom. The number of nitrogens with zero attached hydrogens (tertiary/aromatic N) is 2. The molecule has 1 atom stereocenters. The van der Waals surface area contributed by atoms with Gasteiger partial charge in [-0.05, 0) is 49.3 Å². The van der Waals surface area contributed by atoms with Crippen molar-refractivity contribution in [3.63, 3.8) is 0 Å². The van der Waals surface area contributed by atoms with Crippen LogP contribution in [0.4, 0.5) is 4.79 Å². The SMILES string of the molecule is CSc1ccc(/C=N\N2C(=O)N[C@](C)(CCc3ccccc3)C2=O)cc1. The van der Waals surface area contributed by atoms with Crippen molar-refractivity contribution in [2.45, 2.75) is 30.2 Å². The topological polar surface area (TPSA) is 61.8 Å². The molecule has 134 valence electrons. The zero-order valence-electron chi connectivity index (χ0n) is 14.8. The van der Waals surface area contributed by atoms with Gasteiger partial charge in [-0.2, -0.15) is 5.10 Å². The molecule has 0 aromatic heterocycles. The fraction of sp³-hybridized carbons (Fsp3) is 0.250. The predicted octanol–water partition coefficient (Wildman–Crippen LogP) is 3.69. The average molecular weight is 367 g/mol. The van der Waals surface area contributed by atoms with Crippen LogP contribution in [0, 0.1) is 0 Å². The second kappa shape index (κ2) is 7.74. The minimum absolute atomic E-state index is 0.324. The van der Waals surface area contributed by atoms with Crippen molar-refractivity contribution < 1.29 is 9.59 Å². The van der Waals surface area contributed by atoms with Gasteiger partial charge in [-0.15, -0.1) is 16.8 Å². The molecule has 1 aliphatic rings. The molecule has 5 nitrogen and oxygen atoms in total. The smallest absolute Gasteiger partial charge is 0.322 e. The lowest BCUT2D eigenvalue weighted by Crippen LogP contribution is -2.44. The lowest BCUT2D eigenvalue weighted by atomic mass is 9.93. The van der Waals surface area contributed by atoms with Gasteiger partial charge in [0.15, 0.2) is 0 Å². The number of benzene rings is 2. The van der Waals surface area contributed by atoms with Crippen LogP contribution < -0.4 is 5.32 Å². The molecule has 0 bridgehead atoms. The van der Waals surface area contributed by atoms with Crippen LogP contribution in [0.1, 0.15) is 24.5 Å². The molecule has 0 saturated carbocycles. The van der Waals surface area contributed by atoms with Crippen molar-refractivity contribution in [3.8, 4) is 0 Å². The molecule has 0 aliphatic carbocycles. The van der Waals surface area contributed by atoms with Crippen LogP contribution in [0.25, 0.3) is 0 Å². The highest BCUT2D eigenvalue weighted by Crippen LogP contribution is 2.23. The highest BCUT2D eigenvalue weighted by molar-refractivity contribution is 7.98. The van der Waals surface area contributed by atoms with Gasteiger partial charge in [0.2, 0.25) is 0 Å². The summed E-state index contributed by atoms with van der Waals surface area (Å²) in [4.78, 5) is 26.1. The molecule has 26 heavy (non-hydrogen) atoms. The lowest BCUT2D eigenvalue weighted by Gasteiger charge is -2.20. The summed E-state index contributed by atoms with van der Waals surface area (Å²) in [6.07, 6.45) is 4.77. The first-order chi connectivity index (χ1) is 12.5. The van der Waals surface area contributed by atoms with E-state index in [0.717, 1.165) is 21.0 Å². The van der Waals surface area contributed by atoms with E-state index in [-0.39, 0.29) is 5.91 Å². The quantitative estimate of drug-likeness (QED) is 0.481. The number of urea groups is 1. The maximum Gasteiger partial charge on any atom is 0.346 e. The van der Waals surface area contributed by atoms with Gasteiger partial charge in [-0.25, -0.2) is 4.79 Å². The second-order valence-electron chi connectivity index (χ2n) is 6.38. The van der Waals surface area contributed by atoms with Crippen molar-refractivity contribution in [1.29, 1.82) is 0 Å². The minimum atomic E-state index is -0.938. The molecule has 2 aromatic carbocycles. The van der Waals surface area contributed by atoms with E-state index in [2.05, 4.69) is 10.4 Å². The Morgan fingerprint density at radius 2 is 1.81 bits per heavy atom. The van der Waals surface area contributed by atoms with Gasteiger partial charge in [0, 0.05) is 4.90 Å². The molecule has 1 N–H and O–H groups in total. The summed E-state index contributed by atoms with van der Waals surface area (Å²) in [5.41, 5.74) is 1.03. The lowest BCUT2D eigenvalue weighted by molar-refractivity contribution is -0.130. The Morgan fingerprint density at radius 1 is 1.12 bits per heavy atom. The molecule has 3 rings (SSSR count). The van der Waals surface area contributed by atoms with E-state index >= 15 is 0 Å². The third-order valence-electron chi connectivity index (χ3n) is 4.43. The Labute approximate surface area is 157 Å². The third kappa shape index (κ3) is 3.96. The van der Waals surface area contributed by atoms with E-state index in [4.69, 9.17) is 0 Å². The van der Waals surface area contributed by atoms with Gasteiger partial charge in [-0.1, -0.05) is 42.5 Å². The molecule has 6 heteroatoms. The van der Waals surface area contributed by atoms with Crippen molar-refractivity contribution in [3.05, 3.63) is 65.7 Å². The number of carbonyl (C=O) groups is 2. The Kier molecular flexibility index (Phi) is 5.42. The number of nitrogens with one attached hydrogen (secondary N) is 1. The van der Waals surface area contributed by atoms with E-state index < -0.39 is 11.6 Å². The number of rotatable bonds is 6. The second-order valence-corrected chi connectivity index (χ2v) is 7.26. The highest BCUT2D eigenvalue weighted by atomic mass is 32.2. The zero-order valence-corrected chi connectivity index (χ0v) is 15.6. The van der Waals surface area contributed by atoms with Crippen molar-refractivity contribution >= 4 is 29.9 Å². The predicted molar refractivity (Wildman–Crippen MR) is 104 cm³/mol. The molecular weight excluding hydrogens is 346 g/mol. The van der Waals surface area contributed by atoms with Crippen LogP contribution in [0.3, 0.4) is 0 Å². The van der Waals surface area contributed by atoms with E-state index in [1.165, 1.54) is 6.21 Å². The normalized spacial score (nSPS) is 20.0. The molecule has 1 aliphatic heterocycles. The summed E-state index contributed by atoms with van der Waals surface area (Å²) in [5, 5.41) is 7.80. The average Bonchev–Trinajstić information content (AvgIpc) is 2.88. The van der Waals surface area contributed by atoms with Gasteiger partial charge in [0.25, 0.3) is 5.91 Å². The highest BCUT2D eigenvalue weighted by Gasteiger charge is 2.47. The van der Waals surface area contributed by atoms with Crippen molar-refractivity contribution in [1.82, 2.24) is 10.3 Å². The molecule has 1 heterocycles. The van der Waals surface area contributed by atoms with Crippen molar-refractivity contribution in [2.75, 3.05) is 6.26 Å². The minimum Gasteiger partial charge on any atom is -0.322 e. The number of carbonyl (C=O) groups excluding carboxylic acids is 2. The number of aryl methyl sites for hydroxylation is 1. The van der Waals surface area contributed by atoms with E-state index in [9.17, 15) is 9.59 Å². The molecule has 0 spiro atoms. The van der Waals surface area contributed by atoms with Crippen molar-refractivity contribution in [2.24, 2.45) is 5.10 Å². The van der Waals surface area contributed by atoms with Crippen LogP contribution in [-0.2, 0) is 11.2 Å². The molecule has 0 unspecified atom stereocenters. The fourth-order valence-electron chi connectivity index (χ4n) is 2.80. The third-order valence-corrected chi connectivity index (χ3v) is 5.18. The number of hydrogen-bond acceptors (Lipinski definition) is 4. The summed E-state index contributed by atoms with van der Waals surface area (Å²) in [6, 6.07) is 17.2. The number of hydrazone groups is 1. The Hall–Kier alpha value is -2.60. The van der Waals surface area contributed by atoms with Crippen LogP contribution in [0.15, 0.2) is 64.6 Å². The molecule has 2 aromatic rings. The van der Waals surface area contributed by atoms with Gasteiger partial charge in [0.05, 0.1) is 6.21 Å². The summed E-state index contributed by atoms with van der Waals surface area (Å²) < 4.78 is 0. The maximum absolute atomic E-state index is 12.7. The molecule has 1 saturated heterocycles.